The molecule has 0 aromatic heterocycles. The molecule has 4 aliphatic rings. The van der Waals surface area contributed by atoms with Crippen molar-refractivity contribution < 1.29 is 63.0 Å². The Morgan fingerprint density at radius 3 is 2.25 bits per heavy atom. The van der Waals surface area contributed by atoms with Crippen LogP contribution in [0.5, 0.6) is 0 Å². The minimum absolute atomic E-state index is 0.0193. The average Bonchev–Trinajstić information content (AvgIpc) is 3.28. The zero-order chi connectivity index (χ0) is 48.2. The van der Waals surface area contributed by atoms with E-state index in [4.69, 9.17) is 23.7 Å². The van der Waals surface area contributed by atoms with E-state index in [-0.39, 0.29) is 54.8 Å². The molecule has 2 unspecified atom stereocenters. The van der Waals surface area contributed by atoms with Crippen molar-refractivity contribution in [1.82, 2.24) is 4.90 Å². The summed E-state index contributed by atoms with van der Waals surface area (Å²) in [5.74, 6) is -7.96. The number of nitrogens with zero attached hydrogens (tertiary/aromatic N) is 1. The van der Waals surface area contributed by atoms with Gasteiger partial charge in [-0.3, -0.25) is 19.2 Å². The number of esters is 1. The SMILES string of the molecule is CO[C@H]1C[C@@H]2CC[C@@H](C)C(O)(O2)C(=O)C(=O)N2CCCC[C@H]2C(=O)O[C@H]([C@H](C)C[C@@H]2CC[C@@H](O)[C@H](OC)C2)CC(=O)[C@H](C)/C=C(\C)[C@@H](O)[C@@H](OC)C(=O)[C@H](C)CC(C)/C=C/C=C/C=C/1C. The highest BCUT2D eigenvalue weighted by atomic mass is 16.6. The number of hydrogen-bond acceptors (Lipinski definition) is 13. The van der Waals surface area contributed by atoms with Crippen LogP contribution in [0.15, 0.2) is 47.6 Å². The molecule has 3 fully saturated rings. The van der Waals surface area contributed by atoms with Gasteiger partial charge in [-0.1, -0.05) is 71.1 Å². The molecule has 3 aliphatic heterocycles. The second-order valence-corrected chi connectivity index (χ2v) is 19.6. The number of amides is 1. The number of aliphatic hydroxyl groups is 3. The molecular weight excluding hydrogens is 835 g/mol. The largest absolute Gasteiger partial charge is 0.460 e. The molecule has 4 rings (SSSR count). The predicted octanol–water partition coefficient (Wildman–Crippen LogP) is 6.18. The minimum Gasteiger partial charge on any atom is -0.460 e. The first-order valence-corrected chi connectivity index (χ1v) is 23.9. The van der Waals surface area contributed by atoms with Gasteiger partial charge in [-0.25, -0.2) is 4.79 Å². The van der Waals surface area contributed by atoms with Gasteiger partial charge in [-0.2, -0.15) is 0 Å². The van der Waals surface area contributed by atoms with Crippen molar-refractivity contribution in [2.24, 2.45) is 35.5 Å². The number of cyclic esters (lactones) is 1. The lowest BCUT2D eigenvalue weighted by molar-refractivity contribution is -0.265. The second-order valence-electron chi connectivity index (χ2n) is 19.6. The molecule has 14 heteroatoms. The Morgan fingerprint density at radius 2 is 1.57 bits per heavy atom. The van der Waals surface area contributed by atoms with Gasteiger partial charge in [0.25, 0.3) is 11.7 Å². The third-order valence-corrected chi connectivity index (χ3v) is 14.5. The number of piperidine rings is 1. The van der Waals surface area contributed by atoms with Crippen molar-refractivity contribution in [2.75, 3.05) is 27.9 Å². The maximum Gasteiger partial charge on any atom is 0.329 e. The monoisotopic (exact) mass is 914 g/mol. The van der Waals surface area contributed by atoms with Crippen molar-refractivity contribution in [3.8, 4) is 0 Å². The molecule has 0 aromatic carbocycles. The summed E-state index contributed by atoms with van der Waals surface area (Å²) < 4.78 is 29.4. The zero-order valence-corrected chi connectivity index (χ0v) is 40.6. The Morgan fingerprint density at radius 1 is 0.846 bits per heavy atom. The van der Waals surface area contributed by atoms with Gasteiger partial charge in [0.1, 0.15) is 30.1 Å². The molecule has 65 heavy (non-hydrogen) atoms. The lowest BCUT2D eigenvalue weighted by Crippen LogP contribution is -2.61. The summed E-state index contributed by atoms with van der Waals surface area (Å²) in [5.41, 5.74) is 1.27. The van der Waals surface area contributed by atoms with Crippen LogP contribution in [-0.2, 0) is 47.7 Å². The van der Waals surface area contributed by atoms with Gasteiger partial charge in [-0.05, 0) is 107 Å². The Hall–Kier alpha value is -3.37. The molecule has 3 heterocycles. The predicted molar refractivity (Wildman–Crippen MR) is 245 cm³/mol. The summed E-state index contributed by atoms with van der Waals surface area (Å²) in [7, 11) is 4.52. The number of methoxy groups -OCH3 is 3. The Balaban J connectivity index is 1.70. The van der Waals surface area contributed by atoms with Crippen LogP contribution in [0.4, 0.5) is 0 Å². The quantitative estimate of drug-likeness (QED) is 0.156. The summed E-state index contributed by atoms with van der Waals surface area (Å²) in [6, 6.07) is -1.14. The third-order valence-electron chi connectivity index (χ3n) is 14.5. The highest BCUT2D eigenvalue weighted by molar-refractivity contribution is 6.39. The van der Waals surface area contributed by atoms with Crippen molar-refractivity contribution in [2.45, 2.75) is 180 Å². The molecule has 1 aliphatic carbocycles. The highest BCUT2D eigenvalue weighted by Gasteiger charge is 2.53. The van der Waals surface area contributed by atoms with Gasteiger partial charge < -0.3 is 43.9 Å². The zero-order valence-electron chi connectivity index (χ0n) is 40.6. The van der Waals surface area contributed by atoms with Crippen molar-refractivity contribution in [3.05, 3.63) is 47.6 Å². The molecule has 0 aromatic rings. The van der Waals surface area contributed by atoms with Crippen molar-refractivity contribution in [1.29, 1.82) is 0 Å². The number of carbonyl (C=O) groups is 5. The second kappa shape index (κ2) is 25.1. The van der Waals surface area contributed by atoms with Gasteiger partial charge in [0.05, 0.1) is 24.4 Å². The molecule has 1 saturated carbocycles. The smallest absolute Gasteiger partial charge is 0.329 e. The summed E-state index contributed by atoms with van der Waals surface area (Å²) in [5, 5.41) is 33.8. The summed E-state index contributed by atoms with van der Waals surface area (Å²) in [4.78, 5) is 71.8. The molecule has 2 saturated heterocycles. The van der Waals surface area contributed by atoms with E-state index in [0.29, 0.717) is 63.4 Å². The van der Waals surface area contributed by atoms with Crippen LogP contribution in [0.2, 0.25) is 0 Å². The number of fused-ring (bicyclic) bond motifs is 3. The number of aliphatic hydroxyl groups excluding tert-OH is 2. The first kappa shape index (κ1) is 54.2. The normalized spacial score (nSPS) is 40.4. The number of carbonyl (C=O) groups excluding carboxylic acids is 5. The molecule has 0 spiro atoms. The fourth-order valence-electron chi connectivity index (χ4n) is 10.1. The maximum atomic E-state index is 14.4. The molecule has 14 nitrogen and oxygen atoms in total. The number of allylic oxidation sites excluding steroid dienone is 6. The van der Waals surface area contributed by atoms with Crippen LogP contribution in [0, 0.1) is 35.5 Å². The number of Topliss-reactive ketones (excluding diaryl/α,β-unsaturated/α-hetero) is 3. The van der Waals surface area contributed by atoms with E-state index in [1.165, 1.54) is 12.0 Å². The van der Waals surface area contributed by atoms with Crippen LogP contribution in [0.3, 0.4) is 0 Å². The number of ether oxygens (including phenoxy) is 5. The van der Waals surface area contributed by atoms with Gasteiger partial charge in [0.2, 0.25) is 5.79 Å². The lowest BCUT2D eigenvalue weighted by atomic mass is 9.78. The van der Waals surface area contributed by atoms with Gasteiger partial charge >= 0.3 is 5.97 Å². The third kappa shape index (κ3) is 14.3. The lowest BCUT2D eigenvalue weighted by Gasteiger charge is -2.42. The van der Waals surface area contributed by atoms with Crippen LogP contribution in [0.25, 0.3) is 0 Å². The fraction of sp³-hybridized carbons (Fsp3) is 0.745. The first-order chi connectivity index (χ1) is 30.7. The average molecular weight is 914 g/mol. The van der Waals surface area contributed by atoms with Crippen LogP contribution >= 0.6 is 0 Å². The minimum atomic E-state index is -2.43. The first-order valence-electron chi connectivity index (χ1n) is 23.9. The van der Waals surface area contributed by atoms with Crippen molar-refractivity contribution in [3.63, 3.8) is 0 Å². The molecule has 2 bridgehead atoms. The topological polar surface area (TPSA) is 195 Å². The fourth-order valence-corrected chi connectivity index (χ4v) is 10.1. The van der Waals surface area contributed by atoms with E-state index in [0.717, 1.165) is 12.0 Å². The molecule has 15 atom stereocenters. The van der Waals surface area contributed by atoms with Crippen LogP contribution in [-0.4, -0.2) is 132 Å². The van der Waals surface area contributed by atoms with E-state index in [1.54, 1.807) is 41.1 Å². The van der Waals surface area contributed by atoms with E-state index < -0.39 is 83.9 Å². The molecule has 3 N–H and O–H groups in total. The number of rotatable bonds is 6. The van der Waals surface area contributed by atoms with Gasteiger partial charge in [-0.15, -0.1) is 0 Å². The van der Waals surface area contributed by atoms with E-state index >= 15 is 0 Å². The highest BCUT2D eigenvalue weighted by Crippen LogP contribution is 2.38. The standard InChI is InChI=1S/C51H79NO13/c1-30-16-12-11-13-17-31(2)42(61-8)28-38-21-19-36(7)51(60,65-38)48(57)49(58)52-23-15-14-18-39(52)50(59)64-43(33(4)26-37-20-22-40(53)44(27-37)62-9)29-41(54)32(3)25-35(6)46(56)47(63-10)45(55)34(5)24-30/h11-13,16-17,25,30,32-34,36-40,42-44,46-47,53,56,60H,14-15,18-24,26-29H2,1-10H3/b13-11+,16-12+,31-17+,35-25+/t30?,32-,33-,34-,36-,37+,38+,39+,40-,42+,43+,44-,46-,47+,51?/m1/s1. The summed E-state index contributed by atoms with van der Waals surface area (Å²) in [6.07, 6.45) is 11.2. The van der Waals surface area contributed by atoms with E-state index in [9.17, 15) is 39.3 Å². The van der Waals surface area contributed by atoms with E-state index in [2.05, 4.69) is 0 Å². The number of hydrogen-bond donors (Lipinski definition) is 3. The van der Waals surface area contributed by atoms with E-state index in [1.807, 2.05) is 58.1 Å². The Kier molecular flexibility index (Phi) is 21.0. The number of ketones is 3. The van der Waals surface area contributed by atoms with Crippen LogP contribution < -0.4 is 0 Å². The molecule has 0 radical (unpaired) electrons. The van der Waals surface area contributed by atoms with Gasteiger partial charge in [0.15, 0.2) is 5.78 Å². The summed E-state index contributed by atoms with van der Waals surface area (Å²) >= 11 is 0. The van der Waals surface area contributed by atoms with Crippen molar-refractivity contribution >= 4 is 29.2 Å². The Labute approximate surface area is 387 Å². The molecule has 1 amide bonds. The summed E-state index contributed by atoms with van der Waals surface area (Å²) in [6.45, 7) is 12.7. The molecule has 366 valence electrons. The Bertz CT molecular complexity index is 1760. The molecular formula is C51H79NO13. The van der Waals surface area contributed by atoms with Gasteiger partial charge in [0, 0.05) is 58.5 Å². The van der Waals surface area contributed by atoms with Crippen LogP contribution in [0.1, 0.15) is 126 Å². The maximum absolute atomic E-state index is 14.4.